The van der Waals surface area contributed by atoms with Crippen LogP contribution < -0.4 is 5.32 Å². The van der Waals surface area contributed by atoms with Crippen LogP contribution in [0.4, 0.5) is 11.4 Å². The van der Waals surface area contributed by atoms with Crippen molar-refractivity contribution < 1.29 is 0 Å². The van der Waals surface area contributed by atoms with Gasteiger partial charge in [-0.3, -0.25) is 0 Å². The van der Waals surface area contributed by atoms with Crippen LogP contribution in [0, 0.1) is 0 Å². The minimum atomic E-state index is 1.09. The molecule has 32 heavy (non-hydrogen) atoms. The number of benzene rings is 5. The summed E-state index contributed by atoms with van der Waals surface area (Å²) >= 11 is 1.85. The van der Waals surface area contributed by atoms with E-state index in [-0.39, 0.29) is 0 Å². The first-order valence-electron chi connectivity index (χ1n) is 10.8. The Labute approximate surface area is 191 Å². The molecule has 0 amide bonds. The van der Waals surface area contributed by atoms with Gasteiger partial charge in [-0.25, -0.2) is 0 Å². The molecule has 0 spiro atoms. The van der Waals surface area contributed by atoms with Crippen molar-refractivity contribution in [3.05, 3.63) is 121 Å². The van der Waals surface area contributed by atoms with Crippen LogP contribution in [0.3, 0.4) is 0 Å². The van der Waals surface area contributed by atoms with Crippen molar-refractivity contribution in [2.45, 2.75) is 0 Å². The Kier molecular flexibility index (Phi) is 4.71. The van der Waals surface area contributed by atoms with Crippen molar-refractivity contribution in [2.75, 3.05) is 5.32 Å². The number of thiophene rings is 1. The summed E-state index contributed by atoms with van der Waals surface area (Å²) in [6.07, 6.45) is 0. The SMILES string of the molecule is c1ccc(-c2ccc(Nc3cccc4c3sc3ccccc34)cc2-c2ccccc2)cc1. The smallest absolute Gasteiger partial charge is 0.0590 e. The maximum Gasteiger partial charge on any atom is 0.0590 e. The molecule has 1 nitrogen and oxygen atoms in total. The van der Waals surface area contributed by atoms with Gasteiger partial charge in [0.05, 0.1) is 10.4 Å². The first-order chi connectivity index (χ1) is 15.9. The first kappa shape index (κ1) is 18.9. The molecule has 152 valence electrons. The van der Waals surface area contributed by atoms with E-state index in [1.165, 1.54) is 42.4 Å². The van der Waals surface area contributed by atoms with E-state index in [0.29, 0.717) is 0 Å². The van der Waals surface area contributed by atoms with Gasteiger partial charge in [-0.15, -0.1) is 11.3 Å². The average Bonchev–Trinajstić information content (AvgIpc) is 3.25. The van der Waals surface area contributed by atoms with Gasteiger partial charge >= 0.3 is 0 Å². The van der Waals surface area contributed by atoms with E-state index in [1.54, 1.807) is 0 Å². The summed E-state index contributed by atoms with van der Waals surface area (Å²) in [6, 6.07) is 43.1. The molecule has 0 unspecified atom stereocenters. The lowest BCUT2D eigenvalue weighted by molar-refractivity contribution is 1.55. The Bertz CT molecular complexity index is 1530. The zero-order valence-corrected chi connectivity index (χ0v) is 18.3. The van der Waals surface area contributed by atoms with Gasteiger partial charge in [0, 0.05) is 21.2 Å². The number of fused-ring (bicyclic) bond motifs is 3. The summed E-state index contributed by atoms with van der Waals surface area (Å²) in [6.45, 7) is 0. The van der Waals surface area contributed by atoms with Crippen LogP contribution in [-0.4, -0.2) is 0 Å². The predicted octanol–water partition coefficient (Wildman–Crippen LogP) is 9.13. The molecule has 1 N–H and O–H groups in total. The predicted molar refractivity (Wildman–Crippen MR) is 140 cm³/mol. The number of nitrogens with one attached hydrogen (secondary N) is 1. The van der Waals surface area contributed by atoms with E-state index in [1.807, 2.05) is 11.3 Å². The van der Waals surface area contributed by atoms with Gasteiger partial charge in [0.2, 0.25) is 0 Å². The molecule has 0 saturated carbocycles. The topological polar surface area (TPSA) is 12.0 Å². The molecule has 0 aliphatic carbocycles. The van der Waals surface area contributed by atoms with Crippen molar-refractivity contribution in [2.24, 2.45) is 0 Å². The van der Waals surface area contributed by atoms with Gasteiger partial charge in [-0.1, -0.05) is 97.1 Å². The van der Waals surface area contributed by atoms with Crippen molar-refractivity contribution >= 4 is 42.9 Å². The molecular formula is C30H21NS. The van der Waals surface area contributed by atoms with Crippen molar-refractivity contribution in [1.29, 1.82) is 0 Å². The normalized spacial score (nSPS) is 11.1. The fourth-order valence-corrected chi connectivity index (χ4v) is 5.52. The molecule has 0 atom stereocenters. The zero-order chi connectivity index (χ0) is 21.3. The van der Waals surface area contributed by atoms with Gasteiger partial charge in [0.1, 0.15) is 0 Å². The number of anilines is 2. The van der Waals surface area contributed by atoms with Crippen molar-refractivity contribution in [1.82, 2.24) is 0 Å². The molecule has 0 aliphatic heterocycles. The standard InChI is InChI=1S/C30H21NS/c1-3-10-21(11-4-1)24-19-18-23(20-27(24)22-12-5-2-6-13-22)31-28-16-9-15-26-25-14-7-8-17-29(25)32-30(26)28/h1-20,31H. The van der Waals surface area contributed by atoms with E-state index >= 15 is 0 Å². The molecule has 1 heterocycles. The molecule has 0 aliphatic rings. The summed E-state index contributed by atoms with van der Waals surface area (Å²) in [5, 5.41) is 6.33. The van der Waals surface area contributed by atoms with E-state index in [2.05, 4.69) is 127 Å². The van der Waals surface area contributed by atoms with Crippen LogP contribution in [0.1, 0.15) is 0 Å². The minimum absolute atomic E-state index is 1.09. The second kappa shape index (κ2) is 7.99. The van der Waals surface area contributed by atoms with Crippen molar-refractivity contribution in [3.63, 3.8) is 0 Å². The highest BCUT2D eigenvalue weighted by molar-refractivity contribution is 7.26. The molecule has 6 rings (SSSR count). The molecule has 0 radical (unpaired) electrons. The highest BCUT2D eigenvalue weighted by atomic mass is 32.1. The molecule has 6 aromatic rings. The molecule has 0 fully saturated rings. The molecule has 0 bridgehead atoms. The molecule has 2 heteroatoms. The van der Waals surface area contributed by atoms with Gasteiger partial charge in [0.15, 0.2) is 0 Å². The highest BCUT2D eigenvalue weighted by Crippen LogP contribution is 2.40. The van der Waals surface area contributed by atoms with Gasteiger partial charge in [-0.2, -0.15) is 0 Å². The minimum Gasteiger partial charge on any atom is -0.354 e. The fourth-order valence-electron chi connectivity index (χ4n) is 4.35. The van der Waals surface area contributed by atoms with Gasteiger partial charge in [0.25, 0.3) is 0 Å². The highest BCUT2D eigenvalue weighted by Gasteiger charge is 2.11. The summed E-state index contributed by atoms with van der Waals surface area (Å²) in [7, 11) is 0. The quantitative estimate of drug-likeness (QED) is 0.296. The summed E-state index contributed by atoms with van der Waals surface area (Å²) in [4.78, 5) is 0. The van der Waals surface area contributed by atoms with Crippen LogP contribution in [0.2, 0.25) is 0 Å². The second-order valence-corrected chi connectivity index (χ2v) is 8.95. The van der Waals surface area contributed by atoms with Crippen molar-refractivity contribution in [3.8, 4) is 22.3 Å². The maximum absolute atomic E-state index is 3.71. The molecule has 0 saturated heterocycles. The zero-order valence-electron chi connectivity index (χ0n) is 17.5. The van der Waals surface area contributed by atoms with E-state index < -0.39 is 0 Å². The average molecular weight is 428 g/mol. The third kappa shape index (κ3) is 3.35. The molecular weight excluding hydrogens is 406 g/mol. The monoisotopic (exact) mass is 427 g/mol. The summed E-state index contributed by atoms with van der Waals surface area (Å²) < 4.78 is 2.61. The second-order valence-electron chi connectivity index (χ2n) is 7.90. The Hall–Kier alpha value is -3.88. The molecule has 5 aromatic carbocycles. The lowest BCUT2D eigenvalue weighted by Crippen LogP contribution is -1.93. The van der Waals surface area contributed by atoms with Crippen LogP contribution in [0.15, 0.2) is 121 Å². The van der Waals surface area contributed by atoms with Gasteiger partial charge in [-0.05, 0) is 46.5 Å². The van der Waals surface area contributed by atoms with E-state index in [9.17, 15) is 0 Å². The molecule has 1 aromatic heterocycles. The van der Waals surface area contributed by atoms with E-state index in [0.717, 1.165) is 11.4 Å². The van der Waals surface area contributed by atoms with Crippen LogP contribution in [0.25, 0.3) is 42.4 Å². The Morgan fingerprint density at radius 1 is 0.500 bits per heavy atom. The van der Waals surface area contributed by atoms with Gasteiger partial charge < -0.3 is 5.32 Å². The Morgan fingerprint density at radius 2 is 1.16 bits per heavy atom. The number of rotatable bonds is 4. The Balaban J connectivity index is 1.47. The Morgan fingerprint density at radius 3 is 1.94 bits per heavy atom. The third-order valence-electron chi connectivity index (χ3n) is 5.87. The summed E-state index contributed by atoms with van der Waals surface area (Å²) in [5.74, 6) is 0. The summed E-state index contributed by atoms with van der Waals surface area (Å²) in [5.41, 5.74) is 7.15. The first-order valence-corrected chi connectivity index (χ1v) is 11.6. The maximum atomic E-state index is 3.71. The van der Waals surface area contributed by atoms with E-state index in [4.69, 9.17) is 0 Å². The number of hydrogen-bond acceptors (Lipinski definition) is 2. The van der Waals surface area contributed by atoms with Crippen LogP contribution in [-0.2, 0) is 0 Å². The third-order valence-corrected chi connectivity index (χ3v) is 7.09. The fraction of sp³-hybridized carbons (Fsp3) is 0. The lowest BCUT2D eigenvalue weighted by Gasteiger charge is -2.14. The number of hydrogen-bond donors (Lipinski definition) is 1. The van der Waals surface area contributed by atoms with Crippen LogP contribution >= 0.6 is 11.3 Å². The van der Waals surface area contributed by atoms with Crippen LogP contribution in [0.5, 0.6) is 0 Å². The largest absolute Gasteiger partial charge is 0.354 e. The lowest BCUT2D eigenvalue weighted by atomic mass is 9.94.